The average molecular weight is 254 g/mol. The second-order valence-corrected chi connectivity index (χ2v) is 5.26. The van der Waals surface area contributed by atoms with E-state index in [1.54, 1.807) is 0 Å². The van der Waals surface area contributed by atoms with Gasteiger partial charge in [0.15, 0.2) is 17.3 Å². The van der Waals surface area contributed by atoms with Crippen molar-refractivity contribution in [1.82, 2.24) is 0 Å². The van der Waals surface area contributed by atoms with Crippen LogP contribution in [0.2, 0.25) is 0 Å². The molecule has 0 saturated heterocycles. The molecule has 0 aliphatic carbocycles. The third kappa shape index (κ3) is 6.08. The largest absolute Gasteiger partial charge is 0.298 e. The Morgan fingerprint density at radius 1 is 0.778 bits per heavy atom. The molecule has 0 aliphatic heterocycles. The lowest BCUT2D eigenvalue weighted by atomic mass is 9.86. The van der Waals surface area contributed by atoms with Crippen molar-refractivity contribution in [3.05, 3.63) is 0 Å². The number of rotatable bonds is 10. The summed E-state index contributed by atoms with van der Waals surface area (Å²) < 4.78 is 0. The maximum atomic E-state index is 12.0. The lowest BCUT2D eigenvalue weighted by Crippen LogP contribution is -2.32. The van der Waals surface area contributed by atoms with Gasteiger partial charge in [-0.25, -0.2) is 0 Å². The fraction of sp³-hybridized carbons (Fsp3) is 0.800. The van der Waals surface area contributed by atoms with Gasteiger partial charge in [-0.05, 0) is 25.2 Å². The first-order valence-electron chi connectivity index (χ1n) is 7.02. The van der Waals surface area contributed by atoms with E-state index in [0.717, 1.165) is 6.42 Å². The van der Waals surface area contributed by atoms with Crippen molar-refractivity contribution >= 4 is 17.3 Å². The van der Waals surface area contributed by atoms with E-state index in [1.807, 2.05) is 27.7 Å². The highest BCUT2D eigenvalue weighted by Crippen LogP contribution is 2.15. The maximum Gasteiger partial charge on any atom is 0.150 e. The second-order valence-electron chi connectivity index (χ2n) is 5.26. The number of ketones is 3. The smallest absolute Gasteiger partial charge is 0.150 e. The second kappa shape index (κ2) is 9.01. The molecule has 0 aliphatic rings. The predicted molar refractivity (Wildman–Crippen MR) is 72.4 cm³/mol. The van der Waals surface area contributed by atoms with Gasteiger partial charge in [0.05, 0.1) is 0 Å². The number of hydrogen-bond donors (Lipinski definition) is 0. The molecule has 0 rings (SSSR count). The summed E-state index contributed by atoms with van der Waals surface area (Å²) in [6, 6.07) is 0. The van der Waals surface area contributed by atoms with Crippen LogP contribution >= 0.6 is 0 Å². The Bertz CT molecular complexity index is 274. The minimum atomic E-state index is -0.983. The number of Topliss-reactive ketones (excluding diaryl/α,β-unsaturated/α-hetero) is 3. The zero-order valence-electron chi connectivity index (χ0n) is 12.1. The van der Waals surface area contributed by atoms with Gasteiger partial charge >= 0.3 is 0 Å². The molecule has 0 bridgehead atoms. The van der Waals surface area contributed by atoms with Crippen LogP contribution in [0.15, 0.2) is 0 Å². The van der Waals surface area contributed by atoms with E-state index in [-0.39, 0.29) is 17.3 Å². The Balaban J connectivity index is 4.69. The van der Waals surface area contributed by atoms with Gasteiger partial charge in [-0.1, -0.05) is 27.7 Å². The molecule has 0 unspecified atom stereocenters. The van der Waals surface area contributed by atoms with Gasteiger partial charge in [0.2, 0.25) is 0 Å². The van der Waals surface area contributed by atoms with Crippen molar-refractivity contribution < 1.29 is 14.4 Å². The summed E-state index contributed by atoms with van der Waals surface area (Å²) in [5, 5.41) is 0. The zero-order valence-corrected chi connectivity index (χ0v) is 12.1. The van der Waals surface area contributed by atoms with Gasteiger partial charge < -0.3 is 0 Å². The lowest BCUT2D eigenvalue weighted by Gasteiger charge is -2.14. The minimum Gasteiger partial charge on any atom is -0.298 e. The van der Waals surface area contributed by atoms with Crippen molar-refractivity contribution in [2.75, 3.05) is 0 Å². The molecule has 0 spiro atoms. The van der Waals surface area contributed by atoms with Crippen LogP contribution in [0, 0.1) is 11.8 Å². The van der Waals surface area contributed by atoms with Crippen molar-refractivity contribution in [2.24, 2.45) is 11.8 Å². The fourth-order valence-electron chi connectivity index (χ4n) is 1.90. The van der Waals surface area contributed by atoms with Crippen LogP contribution < -0.4 is 0 Å². The van der Waals surface area contributed by atoms with Gasteiger partial charge in [0, 0.05) is 19.3 Å². The third-order valence-corrected chi connectivity index (χ3v) is 2.93. The predicted octanol–water partition coefficient (Wildman–Crippen LogP) is 3.35. The quantitative estimate of drug-likeness (QED) is 0.562. The van der Waals surface area contributed by atoms with Crippen molar-refractivity contribution in [2.45, 2.75) is 66.2 Å². The third-order valence-electron chi connectivity index (χ3n) is 2.93. The van der Waals surface area contributed by atoms with Crippen LogP contribution in [0.25, 0.3) is 0 Å². The number of carbonyl (C=O) groups is 3. The molecular weight excluding hydrogens is 228 g/mol. The molecule has 18 heavy (non-hydrogen) atoms. The van der Waals surface area contributed by atoms with Crippen LogP contribution in [-0.2, 0) is 14.4 Å². The van der Waals surface area contributed by atoms with Gasteiger partial charge in [-0.2, -0.15) is 0 Å². The topological polar surface area (TPSA) is 51.2 Å². The molecule has 0 aromatic rings. The molecule has 0 amide bonds. The minimum absolute atomic E-state index is 0.180. The van der Waals surface area contributed by atoms with Crippen LogP contribution in [0.5, 0.6) is 0 Å². The van der Waals surface area contributed by atoms with Gasteiger partial charge in [-0.15, -0.1) is 0 Å². The van der Waals surface area contributed by atoms with Crippen LogP contribution in [0.1, 0.15) is 66.2 Å². The van der Waals surface area contributed by atoms with Gasteiger partial charge in [0.1, 0.15) is 5.92 Å². The van der Waals surface area contributed by atoms with E-state index in [9.17, 15) is 14.4 Å². The normalized spacial score (nSPS) is 11.0. The number of hydrogen-bond acceptors (Lipinski definition) is 3. The van der Waals surface area contributed by atoms with Crippen LogP contribution in [0.3, 0.4) is 0 Å². The molecule has 3 nitrogen and oxygen atoms in total. The maximum absolute atomic E-state index is 12.0. The van der Waals surface area contributed by atoms with E-state index in [2.05, 4.69) is 0 Å². The molecule has 3 heteroatoms. The summed E-state index contributed by atoms with van der Waals surface area (Å²) in [5.74, 6) is -1.13. The van der Waals surface area contributed by atoms with Gasteiger partial charge in [-0.3, -0.25) is 14.4 Å². The molecule has 0 N–H and O–H groups in total. The zero-order chi connectivity index (χ0) is 14.1. The van der Waals surface area contributed by atoms with E-state index in [1.165, 1.54) is 0 Å². The highest BCUT2D eigenvalue weighted by Gasteiger charge is 2.31. The van der Waals surface area contributed by atoms with Crippen LogP contribution in [-0.4, -0.2) is 17.3 Å². The Morgan fingerprint density at radius 3 is 1.50 bits per heavy atom. The molecular formula is C15H26O3. The first-order valence-corrected chi connectivity index (χ1v) is 7.02. The Morgan fingerprint density at radius 2 is 1.17 bits per heavy atom. The summed E-state index contributed by atoms with van der Waals surface area (Å²) in [4.78, 5) is 35.8. The monoisotopic (exact) mass is 254 g/mol. The summed E-state index contributed by atoms with van der Waals surface area (Å²) in [5.41, 5.74) is 0. The molecule has 0 fully saturated rings. The SMILES string of the molecule is CCCC(=O)C(C(=O)CCC)C(=O)CCC(C)C. The highest BCUT2D eigenvalue weighted by atomic mass is 16.2. The Hall–Kier alpha value is -0.990. The van der Waals surface area contributed by atoms with Crippen molar-refractivity contribution in [1.29, 1.82) is 0 Å². The van der Waals surface area contributed by atoms with E-state index >= 15 is 0 Å². The molecule has 0 aromatic carbocycles. The lowest BCUT2D eigenvalue weighted by molar-refractivity contribution is -0.140. The first-order chi connectivity index (χ1) is 8.43. The average Bonchev–Trinajstić information content (AvgIpc) is 2.27. The molecule has 0 heterocycles. The molecule has 104 valence electrons. The fourth-order valence-corrected chi connectivity index (χ4v) is 1.90. The molecule has 0 atom stereocenters. The molecule has 0 saturated carbocycles. The number of carbonyl (C=O) groups excluding carboxylic acids is 3. The highest BCUT2D eigenvalue weighted by molar-refractivity contribution is 6.19. The van der Waals surface area contributed by atoms with Crippen molar-refractivity contribution in [3.8, 4) is 0 Å². The van der Waals surface area contributed by atoms with Crippen LogP contribution in [0.4, 0.5) is 0 Å². The first kappa shape index (κ1) is 17.0. The Labute approximate surface area is 110 Å². The van der Waals surface area contributed by atoms with E-state index in [0.29, 0.717) is 38.0 Å². The summed E-state index contributed by atoms with van der Waals surface area (Å²) >= 11 is 0. The summed E-state index contributed by atoms with van der Waals surface area (Å²) in [6.07, 6.45) is 3.11. The summed E-state index contributed by atoms with van der Waals surface area (Å²) in [6.45, 7) is 7.84. The standard InChI is InChI=1S/C15H26O3/c1-5-7-12(16)15(13(17)8-6-2)14(18)10-9-11(3)4/h11,15H,5-10H2,1-4H3. The Kier molecular flexibility index (Phi) is 8.51. The molecule has 0 radical (unpaired) electrons. The van der Waals surface area contributed by atoms with Crippen molar-refractivity contribution in [3.63, 3.8) is 0 Å². The van der Waals surface area contributed by atoms with E-state index < -0.39 is 5.92 Å². The van der Waals surface area contributed by atoms with Gasteiger partial charge in [0.25, 0.3) is 0 Å². The summed E-state index contributed by atoms with van der Waals surface area (Å²) in [7, 11) is 0. The molecule has 0 aromatic heterocycles. The van der Waals surface area contributed by atoms with E-state index in [4.69, 9.17) is 0 Å².